The number of aromatic nitrogens is 1. The van der Waals surface area contributed by atoms with Crippen molar-refractivity contribution in [3.8, 4) is 34.5 Å². The summed E-state index contributed by atoms with van der Waals surface area (Å²) in [5.74, 6) is 2.20. The molecule has 2 heterocycles. The number of nitrogens with zero attached hydrogens (tertiary/aromatic N) is 1. The molecule has 4 rings (SSSR count). The zero-order valence-corrected chi connectivity index (χ0v) is 18.2. The quantitative estimate of drug-likeness (QED) is 0.439. The van der Waals surface area contributed by atoms with E-state index < -0.39 is 0 Å². The molecule has 0 radical (unpaired) electrons. The van der Waals surface area contributed by atoms with Crippen LogP contribution >= 0.6 is 11.3 Å². The number of hydrogen-bond acceptors (Lipinski definition) is 8. The first-order valence-electron chi connectivity index (χ1n) is 9.21. The summed E-state index contributed by atoms with van der Waals surface area (Å²) in [6.45, 7) is 0. The molecule has 31 heavy (non-hydrogen) atoms. The molecule has 0 aliphatic rings. The highest BCUT2D eigenvalue weighted by molar-refractivity contribution is 7.14. The molecule has 0 aliphatic heterocycles. The van der Waals surface area contributed by atoms with E-state index in [1.807, 2.05) is 29.6 Å². The van der Waals surface area contributed by atoms with E-state index in [1.165, 1.54) is 32.7 Å². The number of nitrogens with one attached hydrogen (secondary N) is 1. The van der Waals surface area contributed by atoms with Gasteiger partial charge in [-0.2, -0.15) is 0 Å². The van der Waals surface area contributed by atoms with Gasteiger partial charge in [0.2, 0.25) is 5.75 Å². The van der Waals surface area contributed by atoms with Crippen molar-refractivity contribution in [3.05, 3.63) is 47.3 Å². The molecule has 8 nitrogen and oxygen atoms in total. The Labute approximate surface area is 182 Å². The lowest BCUT2D eigenvalue weighted by Gasteiger charge is -2.13. The number of ether oxygens (including phenoxy) is 4. The Morgan fingerprint density at radius 3 is 2.35 bits per heavy atom. The fourth-order valence-electron chi connectivity index (χ4n) is 3.10. The van der Waals surface area contributed by atoms with E-state index in [2.05, 4.69) is 10.3 Å². The lowest BCUT2D eigenvalue weighted by Crippen LogP contribution is -2.12. The Morgan fingerprint density at radius 1 is 0.968 bits per heavy atom. The molecule has 0 aliphatic carbocycles. The Bertz CT molecular complexity index is 1220. The monoisotopic (exact) mass is 440 g/mol. The van der Waals surface area contributed by atoms with Crippen molar-refractivity contribution in [1.29, 1.82) is 0 Å². The van der Waals surface area contributed by atoms with E-state index >= 15 is 0 Å². The Balaban J connectivity index is 1.57. The Kier molecular flexibility index (Phi) is 5.68. The molecule has 0 bridgehead atoms. The van der Waals surface area contributed by atoms with Crippen molar-refractivity contribution in [3.63, 3.8) is 0 Å². The summed E-state index contributed by atoms with van der Waals surface area (Å²) in [4.78, 5) is 17.3. The smallest absolute Gasteiger partial charge is 0.257 e. The van der Waals surface area contributed by atoms with Crippen LogP contribution in [0.1, 0.15) is 10.4 Å². The van der Waals surface area contributed by atoms with Crippen LogP contribution in [0.3, 0.4) is 0 Å². The molecule has 0 saturated carbocycles. The number of methoxy groups -OCH3 is 4. The fraction of sp³-hybridized carbons (Fsp3) is 0.182. The molecule has 9 heteroatoms. The van der Waals surface area contributed by atoms with Crippen LogP contribution in [0.4, 0.5) is 5.13 Å². The van der Waals surface area contributed by atoms with Gasteiger partial charge in [0.25, 0.3) is 5.91 Å². The highest BCUT2D eigenvalue weighted by atomic mass is 32.1. The first kappa shape index (κ1) is 20.5. The molecule has 160 valence electrons. The molecule has 0 saturated heterocycles. The summed E-state index contributed by atoms with van der Waals surface area (Å²) >= 11 is 1.30. The molecule has 1 N–H and O–H groups in total. The van der Waals surface area contributed by atoms with E-state index in [9.17, 15) is 4.79 Å². The van der Waals surface area contributed by atoms with Crippen molar-refractivity contribution < 1.29 is 28.2 Å². The topological polar surface area (TPSA) is 92.1 Å². The zero-order valence-electron chi connectivity index (χ0n) is 17.3. The molecule has 0 atom stereocenters. The third kappa shape index (κ3) is 3.99. The van der Waals surface area contributed by atoms with Gasteiger partial charge in [0.1, 0.15) is 17.0 Å². The average Bonchev–Trinajstić information content (AvgIpc) is 3.43. The molecular weight excluding hydrogens is 420 g/mol. The summed E-state index contributed by atoms with van der Waals surface area (Å²) < 4.78 is 27.0. The SMILES string of the molecule is COc1ccc2oc(-c3csc(NC(=O)c4cc(OC)c(OC)c(OC)c4)n3)cc2c1. The van der Waals surface area contributed by atoms with Crippen LogP contribution in [0.5, 0.6) is 23.0 Å². The Morgan fingerprint density at radius 2 is 1.71 bits per heavy atom. The van der Waals surface area contributed by atoms with Gasteiger partial charge in [0.15, 0.2) is 22.4 Å². The van der Waals surface area contributed by atoms with Crippen LogP contribution in [0.25, 0.3) is 22.4 Å². The molecular formula is C22H20N2O6S. The Hall–Kier alpha value is -3.72. The van der Waals surface area contributed by atoms with Crippen molar-refractivity contribution >= 4 is 33.3 Å². The van der Waals surface area contributed by atoms with E-state index in [-0.39, 0.29) is 5.91 Å². The summed E-state index contributed by atoms with van der Waals surface area (Å²) in [5.41, 5.74) is 1.70. The summed E-state index contributed by atoms with van der Waals surface area (Å²) in [6, 6.07) is 10.6. The number of amides is 1. The minimum absolute atomic E-state index is 0.349. The summed E-state index contributed by atoms with van der Waals surface area (Å²) in [5, 5.41) is 5.96. The standard InChI is InChI=1S/C22H20N2O6S/c1-26-14-5-6-16-12(7-14)8-17(30-16)15-11-31-22(23-15)24-21(25)13-9-18(27-2)20(29-4)19(10-13)28-3/h5-11H,1-4H3,(H,23,24,25). The first-order valence-corrected chi connectivity index (χ1v) is 10.1. The van der Waals surface area contributed by atoms with Crippen LogP contribution in [0.2, 0.25) is 0 Å². The van der Waals surface area contributed by atoms with Crippen molar-refractivity contribution in [2.45, 2.75) is 0 Å². The second-order valence-corrected chi connectivity index (χ2v) is 7.28. The third-order valence-corrected chi connectivity index (χ3v) is 5.39. The zero-order chi connectivity index (χ0) is 22.0. The van der Waals surface area contributed by atoms with Gasteiger partial charge in [-0.25, -0.2) is 4.98 Å². The molecule has 0 spiro atoms. The number of carbonyl (C=O) groups is 1. The van der Waals surface area contributed by atoms with Gasteiger partial charge in [0, 0.05) is 16.3 Å². The minimum atomic E-state index is -0.352. The van der Waals surface area contributed by atoms with Gasteiger partial charge < -0.3 is 23.4 Å². The maximum Gasteiger partial charge on any atom is 0.257 e. The maximum atomic E-state index is 12.8. The number of thiazole rings is 1. The van der Waals surface area contributed by atoms with Crippen LogP contribution < -0.4 is 24.3 Å². The number of hydrogen-bond donors (Lipinski definition) is 1. The first-order chi connectivity index (χ1) is 15.1. The van der Waals surface area contributed by atoms with E-state index in [0.717, 1.165) is 16.7 Å². The minimum Gasteiger partial charge on any atom is -0.497 e. The van der Waals surface area contributed by atoms with Gasteiger partial charge in [-0.15, -0.1) is 11.3 Å². The number of benzene rings is 2. The number of carbonyl (C=O) groups excluding carboxylic acids is 1. The van der Waals surface area contributed by atoms with Crippen molar-refractivity contribution in [2.24, 2.45) is 0 Å². The highest BCUT2D eigenvalue weighted by Crippen LogP contribution is 2.38. The van der Waals surface area contributed by atoms with Crippen LogP contribution in [0.15, 0.2) is 46.2 Å². The third-order valence-electron chi connectivity index (χ3n) is 4.63. The predicted molar refractivity (Wildman–Crippen MR) is 118 cm³/mol. The predicted octanol–water partition coefficient (Wildman–Crippen LogP) is 4.84. The molecule has 0 unspecified atom stereocenters. The number of rotatable bonds is 7. The molecule has 0 fully saturated rings. The summed E-state index contributed by atoms with van der Waals surface area (Å²) in [6.07, 6.45) is 0. The van der Waals surface area contributed by atoms with Gasteiger partial charge in [0.05, 0.1) is 28.4 Å². The molecule has 2 aromatic heterocycles. The van der Waals surface area contributed by atoms with Crippen LogP contribution in [0, 0.1) is 0 Å². The normalized spacial score (nSPS) is 10.7. The largest absolute Gasteiger partial charge is 0.497 e. The number of fused-ring (bicyclic) bond motifs is 1. The number of furan rings is 1. The molecule has 2 aromatic carbocycles. The van der Waals surface area contributed by atoms with Crippen LogP contribution in [-0.2, 0) is 0 Å². The number of anilines is 1. The van der Waals surface area contributed by atoms with Crippen molar-refractivity contribution in [2.75, 3.05) is 33.8 Å². The van der Waals surface area contributed by atoms with Crippen LogP contribution in [-0.4, -0.2) is 39.3 Å². The van der Waals surface area contributed by atoms with Gasteiger partial charge >= 0.3 is 0 Å². The average molecular weight is 440 g/mol. The van der Waals surface area contributed by atoms with Gasteiger partial charge in [-0.1, -0.05) is 0 Å². The second-order valence-electron chi connectivity index (χ2n) is 6.42. The van der Waals surface area contributed by atoms with Gasteiger partial charge in [-0.3, -0.25) is 10.1 Å². The summed E-state index contributed by atoms with van der Waals surface area (Å²) in [7, 11) is 6.11. The van der Waals surface area contributed by atoms with E-state index in [0.29, 0.717) is 39.4 Å². The lowest BCUT2D eigenvalue weighted by atomic mass is 10.1. The molecule has 4 aromatic rings. The molecule has 1 amide bonds. The van der Waals surface area contributed by atoms with Crippen molar-refractivity contribution in [1.82, 2.24) is 4.98 Å². The highest BCUT2D eigenvalue weighted by Gasteiger charge is 2.18. The maximum absolute atomic E-state index is 12.8. The fourth-order valence-corrected chi connectivity index (χ4v) is 3.80. The van der Waals surface area contributed by atoms with E-state index in [4.69, 9.17) is 23.4 Å². The van der Waals surface area contributed by atoms with E-state index in [1.54, 1.807) is 19.2 Å². The van der Waals surface area contributed by atoms with Gasteiger partial charge in [-0.05, 0) is 36.4 Å². The second kappa shape index (κ2) is 8.57. The lowest BCUT2D eigenvalue weighted by molar-refractivity contribution is 0.102.